The number of thiophene rings is 1. The molecule has 22 heavy (non-hydrogen) atoms. The number of hydrogen-bond acceptors (Lipinski definition) is 5. The van der Waals surface area contributed by atoms with Crippen LogP contribution in [-0.4, -0.2) is 23.3 Å². The molecule has 0 amide bonds. The highest BCUT2D eigenvalue weighted by atomic mass is 32.1. The maximum atomic E-state index is 11.7. The maximum Gasteiger partial charge on any atom is 0.340 e. The van der Waals surface area contributed by atoms with Gasteiger partial charge in [0.15, 0.2) is 5.11 Å². The van der Waals surface area contributed by atoms with Crippen LogP contribution in [0.4, 0.5) is 10.7 Å². The van der Waals surface area contributed by atoms with E-state index in [9.17, 15) is 9.90 Å². The Morgan fingerprint density at radius 3 is 2.64 bits per heavy atom. The van der Waals surface area contributed by atoms with E-state index in [1.54, 1.807) is 24.3 Å². The van der Waals surface area contributed by atoms with Gasteiger partial charge in [0.1, 0.15) is 10.8 Å². The predicted octanol–water partition coefficient (Wildman–Crippen LogP) is 3.67. The van der Waals surface area contributed by atoms with Crippen LogP contribution in [0.2, 0.25) is 0 Å². The normalized spacial score (nSPS) is 10.1. The quantitative estimate of drug-likeness (QED) is 0.451. The summed E-state index contributed by atoms with van der Waals surface area (Å²) in [5, 5.41) is 16.5. The second-order valence-corrected chi connectivity index (χ2v) is 6.33. The molecule has 0 radical (unpaired) electrons. The van der Waals surface area contributed by atoms with Crippen molar-refractivity contribution in [2.24, 2.45) is 0 Å². The molecule has 0 aliphatic heterocycles. The molecule has 0 saturated heterocycles. The lowest BCUT2D eigenvalue weighted by atomic mass is 10.2. The smallest absolute Gasteiger partial charge is 0.340 e. The molecule has 0 atom stereocenters. The van der Waals surface area contributed by atoms with Gasteiger partial charge in [-0.15, -0.1) is 11.3 Å². The monoisotopic (exact) mass is 336 g/mol. The zero-order valence-corrected chi connectivity index (χ0v) is 14.0. The first-order valence-corrected chi connectivity index (χ1v) is 7.69. The van der Waals surface area contributed by atoms with Crippen molar-refractivity contribution in [3.05, 3.63) is 40.3 Å². The average Bonchev–Trinajstić information content (AvgIpc) is 2.81. The number of benzene rings is 1. The highest BCUT2D eigenvalue weighted by Crippen LogP contribution is 2.28. The summed E-state index contributed by atoms with van der Waals surface area (Å²) in [7, 11) is 1.34. The first-order valence-electron chi connectivity index (χ1n) is 6.47. The zero-order valence-electron chi connectivity index (χ0n) is 12.4. The lowest BCUT2D eigenvalue weighted by molar-refractivity contribution is 0.0602. The summed E-state index contributed by atoms with van der Waals surface area (Å²) < 4.78 is 4.76. The molecule has 0 aliphatic rings. The van der Waals surface area contributed by atoms with E-state index in [0.29, 0.717) is 15.7 Å². The third kappa shape index (κ3) is 3.75. The minimum absolute atomic E-state index is 0.198. The molecule has 116 valence electrons. The molecule has 0 fully saturated rings. The van der Waals surface area contributed by atoms with E-state index < -0.39 is 5.97 Å². The molecule has 0 saturated carbocycles. The van der Waals surface area contributed by atoms with Gasteiger partial charge in [0.05, 0.1) is 12.7 Å². The number of hydrogen-bond donors (Lipinski definition) is 3. The van der Waals surface area contributed by atoms with Gasteiger partial charge >= 0.3 is 5.97 Å². The van der Waals surface area contributed by atoms with Gasteiger partial charge in [-0.25, -0.2) is 4.79 Å². The Kier molecular flexibility index (Phi) is 4.99. The molecular formula is C15H16N2O3S2. The van der Waals surface area contributed by atoms with Crippen LogP contribution in [0.5, 0.6) is 5.75 Å². The van der Waals surface area contributed by atoms with Gasteiger partial charge in [-0.1, -0.05) is 0 Å². The summed E-state index contributed by atoms with van der Waals surface area (Å²) in [6, 6.07) is 6.71. The fourth-order valence-electron chi connectivity index (χ4n) is 1.91. The molecule has 0 unspecified atom stereocenters. The van der Waals surface area contributed by atoms with Gasteiger partial charge < -0.3 is 20.5 Å². The Morgan fingerprint density at radius 2 is 2.00 bits per heavy atom. The van der Waals surface area contributed by atoms with E-state index >= 15 is 0 Å². The van der Waals surface area contributed by atoms with Crippen LogP contribution in [0.3, 0.4) is 0 Å². The van der Waals surface area contributed by atoms with Crippen molar-refractivity contribution in [1.82, 2.24) is 0 Å². The molecule has 0 bridgehead atoms. The molecule has 1 heterocycles. The molecule has 1 aromatic heterocycles. The van der Waals surface area contributed by atoms with Gasteiger partial charge in [-0.2, -0.15) is 0 Å². The fourth-order valence-corrected chi connectivity index (χ4v) is 3.09. The highest BCUT2D eigenvalue weighted by molar-refractivity contribution is 7.80. The highest BCUT2D eigenvalue weighted by Gasteiger charge is 2.16. The standard InChI is InChI=1S/C15H16N2O3S2/c1-8-6-10(18)4-5-12(8)16-15(21)17-13-11(14(19)20-3)7-9(2)22-13/h4-7,18H,1-3H3,(H2,16,17,21). The van der Waals surface area contributed by atoms with Crippen LogP contribution in [-0.2, 0) is 4.74 Å². The number of methoxy groups -OCH3 is 1. The van der Waals surface area contributed by atoms with Gasteiger partial charge in [0, 0.05) is 10.6 Å². The number of aryl methyl sites for hydroxylation is 2. The van der Waals surface area contributed by atoms with Gasteiger partial charge in [0.2, 0.25) is 0 Å². The number of anilines is 2. The minimum atomic E-state index is -0.407. The average molecular weight is 336 g/mol. The van der Waals surface area contributed by atoms with Crippen LogP contribution in [0, 0.1) is 13.8 Å². The van der Waals surface area contributed by atoms with Crippen LogP contribution < -0.4 is 10.6 Å². The molecule has 2 aromatic rings. The summed E-state index contributed by atoms with van der Waals surface area (Å²) >= 11 is 6.70. The number of carbonyl (C=O) groups is 1. The summed E-state index contributed by atoms with van der Waals surface area (Å²) in [5.41, 5.74) is 2.10. The van der Waals surface area contributed by atoms with Gasteiger partial charge in [-0.05, 0) is 55.9 Å². The maximum absolute atomic E-state index is 11.7. The van der Waals surface area contributed by atoms with Crippen molar-refractivity contribution < 1.29 is 14.6 Å². The van der Waals surface area contributed by atoms with Crippen LogP contribution >= 0.6 is 23.6 Å². The van der Waals surface area contributed by atoms with Crippen LogP contribution in [0.25, 0.3) is 0 Å². The summed E-state index contributed by atoms with van der Waals surface area (Å²) in [4.78, 5) is 12.7. The Labute approximate surface area is 137 Å². The van der Waals surface area contributed by atoms with Gasteiger partial charge in [0.25, 0.3) is 0 Å². The topological polar surface area (TPSA) is 70.6 Å². The largest absolute Gasteiger partial charge is 0.508 e. The number of esters is 1. The van der Waals surface area contributed by atoms with Crippen molar-refractivity contribution in [2.75, 3.05) is 17.7 Å². The van der Waals surface area contributed by atoms with E-state index in [-0.39, 0.29) is 5.75 Å². The second kappa shape index (κ2) is 6.76. The van der Waals surface area contributed by atoms with Crippen LogP contribution in [0.15, 0.2) is 24.3 Å². The molecule has 7 heteroatoms. The van der Waals surface area contributed by atoms with Crippen molar-refractivity contribution in [1.29, 1.82) is 0 Å². The summed E-state index contributed by atoms with van der Waals surface area (Å²) in [6.07, 6.45) is 0. The number of phenolic OH excluding ortho intramolecular Hbond substituents is 1. The Morgan fingerprint density at radius 1 is 1.27 bits per heavy atom. The molecule has 5 nitrogen and oxygen atoms in total. The molecule has 0 aliphatic carbocycles. The van der Waals surface area contributed by atoms with Crippen molar-refractivity contribution in [2.45, 2.75) is 13.8 Å². The SMILES string of the molecule is COC(=O)c1cc(C)sc1NC(=S)Nc1ccc(O)cc1C. The second-order valence-electron chi connectivity index (χ2n) is 4.67. The third-order valence-corrected chi connectivity index (χ3v) is 4.12. The Bertz CT molecular complexity index is 726. The number of ether oxygens (including phenoxy) is 1. The number of thiocarbonyl (C=S) groups is 1. The van der Waals surface area contributed by atoms with Gasteiger partial charge in [-0.3, -0.25) is 0 Å². The zero-order chi connectivity index (χ0) is 16.3. The Balaban J connectivity index is 2.14. The first-order chi connectivity index (χ1) is 10.4. The van der Waals surface area contributed by atoms with E-state index in [2.05, 4.69) is 10.6 Å². The van der Waals surface area contributed by atoms with E-state index in [0.717, 1.165) is 16.1 Å². The van der Waals surface area contributed by atoms with E-state index in [1.165, 1.54) is 18.4 Å². The molecule has 3 N–H and O–H groups in total. The van der Waals surface area contributed by atoms with Crippen LogP contribution in [0.1, 0.15) is 20.8 Å². The number of rotatable bonds is 3. The van der Waals surface area contributed by atoms with Crippen molar-refractivity contribution in [3.63, 3.8) is 0 Å². The third-order valence-electron chi connectivity index (χ3n) is 2.95. The minimum Gasteiger partial charge on any atom is -0.508 e. The lowest BCUT2D eigenvalue weighted by Gasteiger charge is -2.12. The van der Waals surface area contributed by atoms with Crippen molar-refractivity contribution in [3.8, 4) is 5.75 Å². The first kappa shape index (κ1) is 16.3. The van der Waals surface area contributed by atoms with E-state index in [4.69, 9.17) is 17.0 Å². The number of carbonyl (C=O) groups excluding carboxylic acids is 1. The number of aromatic hydroxyl groups is 1. The fraction of sp³-hybridized carbons (Fsp3) is 0.200. The van der Waals surface area contributed by atoms with E-state index in [1.807, 2.05) is 13.8 Å². The lowest BCUT2D eigenvalue weighted by Crippen LogP contribution is -2.20. The number of phenols is 1. The predicted molar refractivity (Wildman–Crippen MR) is 93.1 cm³/mol. The molecule has 0 spiro atoms. The molecule has 2 rings (SSSR count). The molecule has 1 aromatic carbocycles. The summed E-state index contributed by atoms with van der Waals surface area (Å²) in [6.45, 7) is 3.77. The summed E-state index contributed by atoms with van der Waals surface area (Å²) in [5.74, 6) is -0.209. The Hall–Kier alpha value is -2.12. The molecular weight excluding hydrogens is 320 g/mol. The number of nitrogens with one attached hydrogen (secondary N) is 2. The van der Waals surface area contributed by atoms with Crippen molar-refractivity contribution >= 4 is 45.3 Å².